The number of aromatic nitrogens is 4. The van der Waals surface area contributed by atoms with Gasteiger partial charge in [-0.3, -0.25) is 4.68 Å². The van der Waals surface area contributed by atoms with Gasteiger partial charge in [-0.2, -0.15) is 5.10 Å². The van der Waals surface area contributed by atoms with Crippen LogP contribution in [0.2, 0.25) is 5.02 Å². The van der Waals surface area contributed by atoms with Gasteiger partial charge in [0.2, 0.25) is 5.95 Å². The number of hydrogen-bond acceptors (Lipinski definition) is 6. The van der Waals surface area contributed by atoms with Crippen LogP contribution >= 0.6 is 11.6 Å². The molecule has 160 valence electrons. The van der Waals surface area contributed by atoms with Gasteiger partial charge in [0, 0.05) is 54.3 Å². The van der Waals surface area contributed by atoms with E-state index in [0.717, 1.165) is 47.5 Å². The first kappa shape index (κ1) is 20.3. The molecular formula is C24H21ClN6O. The largest absolute Gasteiger partial charge is 0.489 e. The number of fused-ring (bicyclic) bond motifs is 1. The van der Waals surface area contributed by atoms with Gasteiger partial charge in [-0.25, -0.2) is 9.97 Å². The normalized spacial score (nSPS) is 15.6. The van der Waals surface area contributed by atoms with E-state index in [1.165, 1.54) is 0 Å². The van der Waals surface area contributed by atoms with Crippen molar-refractivity contribution in [3.63, 3.8) is 0 Å². The van der Waals surface area contributed by atoms with Crippen molar-refractivity contribution in [1.29, 1.82) is 0 Å². The number of rotatable bonds is 5. The molecule has 0 amide bonds. The zero-order valence-electron chi connectivity index (χ0n) is 17.5. The summed E-state index contributed by atoms with van der Waals surface area (Å²) in [6.45, 7) is 1.80. The first-order chi connectivity index (χ1) is 15.6. The lowest BCUT2D eigenvalue weighted by Crippen LogP contribution is -2.19. The fourth-order valence-electron chi connectivity index (χ4n) is 3.77. The molecule has 1 saturated heterocycles. The molecule has 5 rings (SSSR count). The van der Waals surface area contributed by atoms with Gasteiger partial charge in [0.05, 0.1) is 16.7 Å². The van der Waals surface area contributed by atoms with Crippen molar-refractivity contribution in [2.45, 2.75) is 12.5 Å². The van der Waals surface area contributed by atoms with Gasteiger partial charge in [0.15, 0.2) is 0 Å². The maximum Gasteiger partial charge on any atom is 0.227 e. The maximum absolute atomic E-state index is 6.40. The predicted molar refractivity (Wildman–Crippen MR) is 126 cm³/mol. The van der Waals surface area contributed by atoms with Crippen LogP contribution < -0.4 is 15.4 Å². The Morgan fingerprint density at radius 2 is 2.12 bits per heavy atom. The van der Waals surface area contributed by atoms with Crippen molar-refractivity contribution >= 4 is 34.1 Å². The summed E-state index contributed by atoms with van der Waals surface area (Å²) < 4.78 is 8.00. The standard InChI is InChI=1S/C24H21ClN6O/c1-3-15-6-17-11-27-24(30-23(17)22(25)7-15)29-19-8-16(18-12-28-31(2)14-18)9-21(10-19)32-20-4-5-26-13-20/h1,6-12,14,20,26H,4-5,13H2,2H3,(H,27,29,30). The zero-order valence-corrected chi connectivity index (χ0v) is 18.2. The molecule has 8 heteroatoms. The van der Waals surface area contributed by atoms with Crippen LogP contribution in [0.5, 0.6) is 5.75 Å². The van der Waals surface area contributed by atoms with Crippen molar-refractivity contribution in [3.05, 3.63) is 59.5 Å². The minimum absolute atomic E-state index is 0.146. The molecule has 0 aliphatic carbocycles. The smallest absolute Gasteiger partial charge is 0.227 e. The molecule has 3 heterocycles. The Labute approximate surface area is 190 Å². The highest BCUT2D eigenvalue weighted by Crippen LogP contribution is 2.31. The average molecular weight is 445 g/mol. The third kappa shape index (κ3) is 4.24. The molecule has 0 bridgehead atoms. The number of ether oxygens (including phenoxy) is 1. The van der Waals surface area contributed by atoms with Crippen molar-refractivity contribution < 1.29 is 4.74 Å². The van der Waals surface area contributed by atoms with Crippen LogP contribution in [-0.2, 0) is 7.05 Å². The second kappa shape index (κ2) is 8.50. The van der Waals surface area contributed by atoms with E-state index in [4.69, 9.17) is 22.8 Å². The lowest BCUT2D eigenvalue weighted by atomic mass is 10.1. The Bertz CT molecular complexity index is 1340. The summed E-state index contributed by atoms with van der Waals surface area (Å²) in [6, 6.07) is 9.57. The molecule has 1 aliphatic heterocycles. The van der Waals surface area contributed by atoms with Gasteiger partial charge in [-0.05, 0) is 42.8 Å². The first-order valence-corrected chi connectivity index (χ1v) is 10.7. The summed E-state index contributed by atoms with van der Waals surface area (Å²) >= 11 is 6.40. The van der Waals surface area contributed by atoms with Gasteiger partial charge >= 0.3 is 0 Å². The van der Waals surface area contributed by atoms with Gasteiger partial charge in [-0.15, -0.1) is 6.42 Å². The van der Waals surface area contributed by atoms with Crippen molar-refractivity contribution in [2.75, 3.05) is 18.4 Å². The van der Waals surface area contributed by atoms with E-state index in [1.54, 1.807) is 16.9 Å². The van der Waals surface area contributed by atoms with E-state index < -0.39 is 0 Å². The number of aryl methyl sites for hydroxylation is 1. The van der Waals surface area contributed by atoms with Gasteiger partial charge in [0.25, 0.3) is 0 Å². The summed E-state index contributed by atoms with van der Waals surface area (Å²) in [5.74, 6) is 3.81. The van der Waals surface area contributed by atoms with Crippen LogP contribution in [0.1, 0.15) is 12.0 Å². The number of benzene rings is 2. The van der Waals surface area contributed by atoms with E-state index in [2.05, 4.69) is 31.6 Å². The summed E-state index contributed by atoms with van der Waals surface area (Å²) in [6.07, 6.45) is 12.1. The zero-order chi connectivity index (χ0) is 22.1. The number of anilines is 2. The van der Waals surface area contributed by atoms with Crippen LogP contribution in [0.15, 0.2) is 48.9 Å². The molecule has 2 N–H and O–H groups in total. The summed E-state index contributed by atoms with van der Waals surface area (Å²) in [5.41, 5.74) is 4.12. The molecule has 1 fully saturated rings. The van der Waals surface area contributed by atoms with Crippen molar-refractivity contribution in [2.24, 2.45) is 7.05 Å². The second-order valence-corrected chi connectivity index (χ2v) is 8.15. The molecule has 1 unspecified atom stereocenters. The Hall–Kier alpha value is -3.60. The molecule has 0 spiro atoms. The second-order valence-electron chi connectivity index (χ2n) is 7.74. The molecule has 1 atom stereocenters. The lowest BCUT2D eigenvalue weighted by molar-refractivity contribution is 0.223. The third-order valence-corrected chi connectivity index (χ3v) is 5.61. The van der Waals surface area contributed by atoms with Gasteiger partial charge in [-0.1, -0.05) is 17.5 Å². The van der Waals surface area contributed by atoms with Crippen LogP contribution in [0.25, 0.3) is 22.0 Å². The fourth-order valence-corrected chi connectivity index (χ4v) is 4.04. The molecule has 0 saturated carbocycles. The molecule has 7 nitrogen and oxygen atoms in total. The molecule has 0 radical (unpaired) electrons. The first-order valence-electron chi connectivity index (χ1n) is 10.3. The molecule has 1 aliphatic rings. The van der Waals surface area contributed by atoms with Crippen LogP contribution in [0.3, 0.4) is 0 Å². The molecular weight excluding hydrogens is 424 g/mol. The van der Waals surface area contributed by atoms with E-state index in [9.17, 15) is 0 Å². The number of nitrogens with zero attached hydrogens (tertiary/aromatic N) is 4. The SMILES string of the molecule is C#Cc1cc(Cl)c2nc(Nc3cc(OC4CCNC4)cc(-c4cnn(C)c4)c3)ncc2c1. The minimum Gasteiger partial charge on any atom is -0.489 e. The minimum atomic E-state index is 0.146. The molecule has 32 heavy (non-hydrogen) atoms. The topological polar surface area (TPSA) is 76.9 Å². The highest BCUT2D eigenvalue weighted by Gasteiger charge is 2.17. The van der Waals surface area contributed by atoms with Crippen molar-refractivity contribution in [3.8, 4) is 29.2 Å². The Morgan fingerprint density at radius 1 is 1.22 bits per heavy atom. The van der Waals surface area contributed by atoms with Gasteiger partial charge < -0.3 is 15.4 Å². The fraction of sp³-hybridized carbons (Fsp3) is 0.208. The molecule has 2 aromatic heterocycles. The Kier molecular flexibility index (Phi) is 5.39. The molecule has 2 aromatic carbocycles. The third-order valence-electron chi connectivity index (χ3n) is 5.32. The Morgan fingerprint density at radius 3 is 2.88 bits per heavy atom. The maximum atomic E-state index is 6.40. The monoisotopic (exact) mass is 444 g/mol. The van der Waals surface area contributed by atoms with E-state index in [0.29, 0.717) is 22.1 Å². The van der Waals surface area contributed by atoms with E-state index >= 15 is 0 Å². The predicted octanol–water partition coefficient (Wildman–Crippen LogP) is 4.15. The molecule has 4 aromatic rings. The highest BCUT2D eigenvalue weighted by atomic mass is 35.5. The number of hydrogen-bond donors (Lipinski definition) is 2. The van der Waals surface area contributed by atoms with Crippen LogP contribution in [0.4, 0.5) is 11.6 Å². The summed E-state index contributed by atoms with van der Waals surface area (Å²) in [4.78, 5) is 9.04. The van der Waals surface area contributed by atoms with Gasteiger partial charge in [0.1, 0.15) is 11.9 Å². The number of terminal acetylenes is 1. The van der Waals surface area contributed by atoms with Crippen LogP contribution in [-0.4, -0.2) is 38.9 Å². The lowest BCUT2D eigenvalue weighted by Gasteiger charge is -2.15. The quantitative estimate of drug-likeness (QED) is 0.450. The number of halogens is 1. The summed E-state index contributed by atoms with van der Waals surface area (Å²) in [7, 11) is 1.89. The van der Waals surface area contributed by atoms with Crippen molar-refractivity contribution in [1.82, 2.24) is 25.1 Å². The summed E-state index contributed by atoms with van der Waals surface area (Å²) in [5, 5.41) is 12.2. The van der Waals surface area contributed by atoms with E-state index in [-0.39, 0.29) is 6.10 Å². The Balaban J connectivity index is 1.50. The average Bonchev–Trinajstić information content (AvgIpc) is 3.45. The number of nitrogens with one attached hydrogen (secondary N) is 2. The highest BCUT2D eigenvalue weighted by molar-refractivity contribution is 6.35. The van der Waals surface area contributed by atoms with Crippen LogP contribution in [0, 0.1) is 12.3 Å². The van der Waals surface area contributed by atoms with E-state index in [1.807, 2.05) is 43.7 Å².